The van der Waals surface area contributed by atoms with Crippen LogP contribution in [0.1, 0.15) is 41.7 Å². The summed E-state index contributed by atoms with van der Waals surface area (Å²) in [7, 11) is 0. The molecular formula is C50H56O9. The summed E-state index contributed by atoms with van der Waals surface area (Å²) in [5.74, 6) is 0. The third kappa shape index (κ3) is 12.0. The van der Waals surface area contributed by atoms with Crippen molar-refractivity contribution in [3.8, 4) is 0 Å². The topological polar surface area (TPSA) is 83.1 Å². The average molecular weight is 801 g/mol. The second kappa shape index (κ2) is 22.2. The Morgan fingerprint density at radius 3 is 1.12 bits per heavy atom. The first kappa shape index (κ1) is 42.6. The van der Waals surface area contributed by atoms with Crippen LogP contribution in [0.25, 0.3) is 0 Å². The molecule has 0 amide bonds. The molecule has 0 saturated carbocycles. The summed E-state index contributed by atoms with van der Waals surface area (Å²) in [6, 6.07) is 50.3. The maximum atomic E-state index is 7.16. The minimum Gasteiger partial charge on any atom is -0.369 e. The quantitative estimate of drug-likeness (QED) is 0.0717. The minimum absolute atomic E-state index is 0.297. The summed E-state index contributed by atoms with van der Waals surface area (Å²) in [4.78, 5) is 0. The normalized spacial score (nSPS) is 26.9. The van der Waals surface area contributed by atoms with E-state index in [1.165, 1.54) is 0 Å². The van der Waals surface area contributed by atoms with Crippen molar-refractivity contribution in [2.24, 2.45) is 0 Å². The molecule has 2 fully saturated rings. The Bertz CT molecular complexity index is 1920. The van der Waals surface area contributed by atoms with Crippen LogP contribution in [0.15, 0.2) is 164 Å². The van der Waals surface area contributed by atoms with Crippen molar-refractivity contribution in [3.05, 3.63) is 192 Å². The third-order valence-corrected chi connectivity index (χ3v) is 10.6. The standard InChI is InChI=1S/C50H56O9/c1-4-30-51-43-36(2)58-50(48(55-34-41-26-16-8-17-27-41)45(43)52-31-38-20-10-5-11-21-38)59-44-37(3)57-49(56-35-42-28-18-9-19-29-42)47(54-33-40-24-14-7-15-25-40)46(44)53-32-39-22-12-6-13-23-39/h4-29,36-37,43-50H,1,30-35H2,2-3H3/t36-,37-,43-,44-,45+,46+,47-,48-,49-,50+/m1/s1. The molecule has 2 aliphatic heterocycles. The highest BCUT2D eigenvalue weighted by Gasteiger charge is 2.53. The fourth-order valence-electron chi connectivity index (χ4n) is 7.49. The molecule has 59 heavy (non-hydrogen) atoms. The van der Waals surface area contributed by atoms with Crippen LogP contribution in [0.3, 0.4) is 0 Å². The molecule has 5 aromatic rings. The molecule has 9 heteroatoms. The van der Waals surface area contributed by atoms with Gasteiger partial charge >= 0.3 is 0 Å². The fraction of sp³-hybridized carbons (Fsp3) is 0.360. The molecule has 0 aliphatic carbocycles. The van der Waals surface area contributed by atoms with Gasteiger partial charge in [-0.2, -0.15) is 0 Å². The summed E-state index contributed by atoms with van der Waals surface area (Å²) in [5.41, 5.74) is 5.06. The Kier molecular flexibility index (Phi) is 16.0. The summed E-state index contributed by atoms with van der Waals surface area (Å²) in [5, 5.41) is 0. The van der Waals surface area contributed by atoms with Crippen LogP contribution in [-0.4, -0.2) is 68.0 Å². The van der Waals surface area contributed by atoms with Crippen molar-refractivity contribution in [1.82, 2.24) is 0 Å². The lowest BCUT2D eigenvalue weighted by Gasteiger charge is -2.49. The molecule has 7 rings (SSSR count). The van der Waals surface area contributed by atoms with Crippen molar-refractivity contribution in [2.45, 2.75) is 108 Å². The second-order valence-electron chi connectivity index (χ2n) is 14.9. The van der Waals surface area contributed by atoms with Crippen molar-refractivity contribution < 1.29 is 42.6 Å². The van der Waals surface area contributed by atoms with Crippen molar-refractivity contribution in [2.75, 3.05) is 6.61 Å². The predicted octanol–water partition coefficient (Wildman–Crippen LogP) is 8.99. The molecule has 5 aromatic carbocycles. The van der Waals surface area contributed by atoms with E-state index in [0.717, 1.165) is 27.8 Å². The van der Waals surface area contributed by atoms with Gasteiger partial charge in [-0.1, -0.05) is 158 Å². The van der Waals surface area contributed by atoms with Gasteiger partial charge in [0.2, 0.25) is 0 Å². The van der Waals surface area contributed by atoms with E-state index in [9.17, 15) is 0 Å². The van der Waals surface area contributed by atoms with Gasteiger partial charge < -0.3 is 42.6 Å². The highest BCUT2D eigenvalue weighted by atomic mass is 16.8. The highest BCUT2D eigenvalue weighted by Crippen LogP contribution is 2.36. The van der Waals surface area contributed by atoms with Gasteiger partial charge in [0, 0.05) is 0 Å². The Labute approximate surface area is 348 Å². The summed E-state index contributed by atoms with van der Waals surface area (Å²) in [6.07, 6.45) is -4.73. The Balaban J connectivity index is 1.21. The molecule has 0 spiro atoms. The number of rotatable bonds is 20. The van der Waals surface area contributed by atoms with Crippen LogP contribution in [0.5, 0.6) is 0 Å². The molecule has 0 N–H and O–H groups in total. The van der Waals surface area contributed by atoms with Crippen molar-refractivity contribution in [3.63, 3.8) is 0 Å². The van der Waals surface area contributed by atoms with Crippen LogP contribution in [-0.2, 0) is 75.7 Å². The number of hydrogen-bond acceptors (Lipinski definition) is 9. The first-order chi connectivity index (χ1) is 29.1. The van der Waals surface area contributed by atoms with Gasteiger partial charge in [0.25, 0.3) is 0 Å². The van der Waals surface area contributed by atoms with Gasteiger partial charge in [-0.15, -0.1) is 6.58 Å². The molecule has 2 heterocycles. The molecule has 2 aliphatic rings. The zero-order valence-corrected chi connectivity index (χ0v) is 33.9. The fourth-order valence-corrected chi connectivity index (χ4v) is 7.49. The zero-order chi connectivity index (χ0) is 40.7. The molecule has 0 unspecified atom stereocenters. The van der Waals surface area contributed by atoms with Gasteiger partial charge in [0.15, 0.2) is 12.6 Å². The van der Waals surface area contributed by atoms with E-state index in [0.29, 0.717) is 39.6 Å². The summed E-state index contributed by atoms with van der Waals surface area (Å²) >= 11 is 0. The number of hydrogen-bond donors (Lipinski definition) is 0. The number of ether oxygens (including phenoxy) is 9. The van der Waals surface area contributed by atoms with Gasteiger partial charge in [-0.05, 0) is 41.7 Å². The molecule has 0 radical (unpaired) electrons. The van der Waals surface area contributed by atoms with Gasteiger partial charge in [-0.25, -0.2) is 0 Å². The largest absolute Gasteiger partial charge is 0.369 e. The van der Waals surface area contributed by atoms with E-state index in [4.69, 9.17) is 42.6 Å². The SMILES string of the molecule is C=CCO[C@H]1[C@H](OCc2ccccc2)[C@@H](OCc2ccccc2)[C@H](O[C@H]2[C@H](OCc3ccccc3)[C@@H](OCc3ccccc3)[C@H](OCc3ccccc3)O[C@@H]2C)O[C@@H]1C. The lowest BCUT2D eigenvalue weighted by Crippen LogP contribution is -2.65. The minimum atomic E-state index is -0.909. The molecule has 0 bridgehead atoms. The zero-order valence-electron chi connectivity index (χ0n) is 33.9. The van der Waals surface area contributed by atoms with Gasteiger partial charge in [-0.3, -0.25) is 0 Å². The Hall–Kier alpha value is -4.52. The smallest absolute Gasteiger partial charge is 0.187 e. The van der Waals surface area contributed by atoms with Gasteiger partial charge in [0.05, 0.1) is 51.8 Å². The van der Waals surface area contributed by atoms with Crippen LogP contribution >= 0.6 is 0 Å². The molecule has 310 valence electrons. The van der Waals surface area contributed by atoms with E-state index in [2.05, 4.69) is 6.58 Å². The van der Waals surface area contributed by atoms with E-state index in [1.54, 1.807) is 6.08 Å². The molecule has 9 nitrogen and oxygen atoms in total. The highest BCUT2D eigenvalue weighted by molar-refractivity contribution is 5.17. The lowest BCUT2D eigenvalue weighted by molar-refractivity contribution is -0.370. The first-order valence-electron chi connectivity index (χ1n) is 20.5. The monoisotopic (exact) mass is 800 g/mol. The van der Waals surface area contributed by atoms with Gasteiger partial charge in [0.1, 0.15) is 36.6 Å². The molecule has 10 atom stereocenters. The van der Waals surface area contributed by atoms with Crippen molar-refractivity contribution >= 4 is 0 Å². The average Bonchev–Trinajstić information content (AvgIpc) is 3.28. The maximum Gasteiger partial charge on any atom is 0.187 e. The van der Waals surface area contributed by atoms with E-state index < -0.39 is 61.4 Å². The van der Waals surface area contributed by atoms with Crippen LogP contribution in [0, 0.1) is 0 Å². The van der Waals surface area contributed by atoms with E-state index in [-0.39, 0.29) is 0 Å². The molecular weight excluding hydrogens is 745 g/mol. The van der Waals surface area contributed by atoms with Crippen LogP contribution < -0.4 is 0 Å². The second-order valence-corrected chi connectivity index (χ2v) is 14.9. The van der Waals surface area contributed by atoms with Crippen molar-refractivity contribution in [1.29, 1.82) is 0 Å². The van der Waals surface area contributed by atoms with E-state index >= 15 is 0 Å². The molecule has 2 saturated heterocycles. The summed E-state index contributed by atoms with van der Waals surface area (Å²) in [6.45, 7) is 9.74. The third-order valence-electron chi connectivity index (χ3n) is 10.6. The first-order valence-corrected chi connectivity index (χ1v) is 20.5. The summed E-state index contributed by atoms with van der Waals surface area (Å²) < 4.78 is 60.8. The molecule has 0 aromatic heterocycles. The number of benzene rings is 5. The Morgan fingerprint density at radius 2 is 0.712 bits per heavy atom. The predicted molar refractivity (Wildman–Crippen MR) is 225 cm³/mol. The van der Waals surface area contributed by atoms with Crippen LogP contribution in [0.2, 0.25) is 0 Å². The van der Waals surface area contributed by atoms with Crippen LogP contribution in [0.4, 0.5) is 0 Å². The maximum absolute atomic E-state index is 7.16. The lowest BCUT2D eigenvalue weighted by atomic mass is 9.96. The Morgan fingerprint density at radius 1 is 0.390 bits per heavy atom. The van der Waals surface area contributed by atoms with E-state index in [1.807, 2.05) is 166 Å².